The summed E-state index contributed by atoms with van der Waals surface area (Å²) in [6.45, 7) is 7.25. The highest BCUT2D eigenvalue weighted by atomic mass is 16.6. The van der Waals surface area contributed by atoms with Gasteiger partial charge in [0.25, 0.3) is 0 Å². The summed E-state index contributed by atoms with van der Waals surface area (Å²) >= 11 is 0. The van der Waals surface area contributed by atoms with Crippen LogP contribution in [0.5, 0.6) is 0 Å². The largest absolute Gasteiger partial charge is 0.378 e. The van der Waals surface area contributed by atoms with Gasteiger partial charge in [0.15, 0.2) is 0 Å². The van der Waals surface area contributed by atoms with Gasteiger partial charge in [0.2, 0.25) is 0 Å². The van der Waals surface area contributed by atoms with Crippen LogP contribution in [0.15, 0.2) is 0 Å². The highest BCUT2D eigenvalue weighted by molar-refractivity contribution is 4.94. The Morgan fingerprint density at radius 2 is 2.05 bits per heavy atom. The number of ether oxygens (including phenoxy) is 2. The molecule has 1 N–H and O–H groups in total. The predicted octanol–water partition coefficient (Wildman–Crippen LogP) is 2.99. The molecule has 3 nitrogen and oxygen atoms in total. The van der Waals surface area contributed by atoms with E-state index in [0.29, 0.717) is 0 Å². The van der Waals surface area contributed by atoms with Crippen LogP contribution in [0.4, 0.5) is 0 Å². The fourth-order valence-electron chi connectivity index (χ4n) is 4.73. The quantitative estimate of drug-likeness (QED) is 0.859. The second-order valence-electron chi connectivity index (χ2n) is 7.10. The predicted molar refractivity (Wildman–Crippen MR) is 80.8 cm³/mol. The van der Waals surface area contributed by atoms with Crippen molar-refractivity contribution in [3.63, 3.8) is 0 Å². The van der Waals surface area contributed by atoms with Crippen LogP contribution in [0.1, 0.15) is 51.9 Å². The lowest BCUT2D eigenvalue weighted by Crippen LogP contribution is -2.45. The fourth-order valence-corrected chi connectivity index (χ4v) is 4.73. The second-order valence-corrected chi connectivity index (χ2v) is 7.10. The van der Waals surface area contributed by atoms with Crippen molar-refractivity contribution in [3.8, 4) is 0 Å². The minimum Gasteiger partial charge on any atom is -0.378 e. The number of rotatable bonds is 4. The van der Waals surface area contributed by atoms with E-state index in [9.17, 15) is 0 Å². The molecular weight excluding hydrogens is 250 g/mol. The van der Waals surface area contributed by atoms with Crippen molar-refractivity contribution in [1.29, 1.82) is 0 Å². The van der Waals surface area contributed by atoms with Gasteiger partial charge in [0.1, 0.15) is 0 Å². The van der Waals surface area contributed by atoms with Crippen LogP contribution in [0.3, 0.4) is 0 Å². The molecule has 4 unspecified atom stereocenters. The zero-order chi connectivity index (χ0) is 13.8. The van der Waals surface area contributed by atoms with Gasteiger partial charge >= 0.3 is 0 Å². The van der Waals surface area contributed by atoms with Crippen molar-refractivity contribution in [3.05, 3.63) is 0 Å². The molecule has 3 fully saturated rings. The summed E-state index contributed by atoms with van der Waals surface area (Å²) in [5, 5.41) is 3.59. The molecule has 1 spiro atoms. The van der Waals surface area contributed by atoms with Crippen LogP contribution in [0, 0.1) is 17.8 Å². The normalized spacial score (nSPS) is 42.1. The molecule has 0 aromatic heterocycles. The molecule has 0 bridgehead atoms. The van der Waals surface area contributed by atoms with Gasteiger partial charge in [-0.25, -0.2) is 0 Å². The van der Waals surface area contributed by atoms with E-state index in [1.807, 2.05) is 0 Å². The molecular formula is C17H31NO2. The molecule has 0 radical (unpaired) electrons. The third kappa shape index (κ3) is 3.20. The Morgan fingerprint density at radius 1 is 1.15 bits per heavy atom. The highest BCUT2D eigenvalue weighted by Gasteiger charge is 2.44. The van der Waals surface area contributed by atoms with Crippen LogP contribution in [0.25, 0.3) is 0 Å². The van der Waals surface area contributed by atoms with Crippen LogP contribution in [-0.2, 0) is 9.47 Å². The Labute approximate surface area is 123 Å². The lowest BCUT2D eigenvalue weighted by molar-refractivity contribution is -0.113. The molecule has 2 saturated heterocycles. The van der Waals surface area contributed by atoms with E-state index in [4.69, 9.17) is 9.47 Å². The maximum atomic E-state index is 6.12. The summed E-state index contributed by atoms with van der Waals surface area (Å²) in [6.07, 6.45) is 9.39. The molecule has 3 rings (SSSR count). The van der Waals surface area contributed by atoms with Crippen molar-refractivity contribution < 1.29 is 9.47 Å². The van der Waals surface area contributed by atoms with Gasteiger partial charge in [-0.1, -0.05) is 19.8 Å². The van der Waals surface area contributed by atoms with E-state index < -0.39 is 0 Å². The molecule has 3 aliphatic rings. The molecule has 0 aromatic rings. The van der Waals surface area contributed by atoms with Gasteiger partial charge in [-0.3, -0.25) is 0 Å². The first-order valence-electron chi connectivity index (χ1n) is 8.75. The lowest BCUT2D eigenvalue weighted by atomic mass is 9.67. The molecule has 20 heavy (non-hydrogen) atoms. The molecule has 1 saturated carbocycles. The van der Waals surface area contributed by atoms with E-state index in [0.717, 1.165) is 50.5 Å². The van der Waals surface area contributed by atoms with E-state index >= 15 is 0 Å². The standard InChI is InChI=1S/C17H31NO2/c1-2-18-12-15-5-3-4-6-16(15)14-7-9-20-17(11-14)8-10-19-13-17/h14-16,18H,2-13H2,1H3. The minimum atomic E-state index is 0.0864. The van der Waals surface area contributed by atoms with E-state index in [1.54, 1.807) is 0 Å². The van der Waals surface area contributed by atoms with Gasteiger partial charge in [-0.2, -0.15) is 0 Å². The first kappa shape index (κ1) is 14.8. The second kappa shape index (κ2) is 6.76. The summed E-state index contributed by atoms with van der Waals surface area (Å²) in [6, 6.07) is 0. The zero-order valence-corrected chi connectivity index (χ0v) is 13.0. The average molecular weight is 281 g/mol. The maximum Gasteiger partial charge on any atom is 0.0939 e. The van der Waals surface area contributed by atoms with E-state index in [1.165, 1.54) is 45.1 Å². The Balaban J connectivity index is 1.63. The van der Waals surface area contributed by atoms with Gasteiger partial charge in [-0.15, -0.1) is 0 Å². The van der Waals surface area contributed by atoms with Crippen molar-refractivity contribution in [1.82, 2.24) is 5.32 Å². The number of hydrogen-bond acceptors (Lipinski definition) is 3. The first-order chi connectivity index (χ1) is 9.83. The summed E-state index contributed by atoms with van der Waals surface area (Å²) in [5.74, 6) is 2.68. The Kier molecular flexibility index (Phi) is 5.00. The molecule has 0 aromatic carbocycles. The van der Waals surface area contributed by atoms with Crippen LogP contribution in [0.2, 0.25) is 0 Å². The van der Waals surface area contributed by atoms with Crippen molar-refractivity contribution in [2.45, 2.75) is 57.5 Å². The lowest BCUT2D eigenvalue weighted by Gasteiger charge is -2.44. The SMILES string of the molecule is CCNCC1CCCCC1C1CCOC2(CCOC2)C1. The smallest absolute Gasteiger partial charge is 0.0939 e. The van der Waals surface area contributed by atoms with Crippen molar-refractivity contribution >= 4 is 0 Å². The van der Waals surface area contributed by atoms with Crippen LogP contribution < -0.4 is 5.32 Å². The molecule has 3 heteroatoms. The van der Waals surface area contributed by atoms with Gasteiger partial charge in [0, 0.05) is 19.6 Å². The fraction of sp³-hybridized carbons (Fsp3) is 1.00. The molecule has 1 aliphatic carbocycles. The summed E-state index contributed by atoms with van der Waals surface area (Å²) < 4.78 is 11.8. The summed E-state index contributed by atoms with van der Waals surface area (Å²) in [4.78, 5) is 0. The van der Waals surface area contributed by atoms with Gasteiger partial charge in [0.05, 0.1) is 12.2 Å². The molecule has 2 aliphatic heterocycles. The maximum absolute atomic E-state index is 6.12. The topological polar surface area (TPSA) is 30.5 Å². The summed E-state index contributed by atoms with van der Waals surface area (Å²) in [5.41, 5.74) is 0.0864. The number of hydrogen-bond donors (Lipinski definition) is 1. The van der Waals surface area contributed by atoms with Crippen molar-refractivity contribution in [2.75, 3.05) is 32.9 Å². The first-order valence-corrected chi connectivity index (χ1v) is 8.75. The van der Waals surface area contributed by atoms with Crippen LogP contribution >= 0.6 is 0 Å². The number of nitrogens with one attached hydrogen (secondary N) is 1. The summed E-state index contributed by atoms with van der Waals surface area (Å²) in [7, 11) is 0. The Bertz CT molecular complexity index is 301. The third-order valence-electron chi connectivity index (χ3n) is 5.83. The van der Waals surface area contributed by atoms with Gasteiger partial charge in [-0.05, 0) is 56.5 Å². The molecule has 2 heterocycles. The Morgan fingerprint density at radius 3 is 2.85 bits per heavy atom. The zero-order valence-electron chi connectivity index (χ0n) is 13.0. The molecule has 116 valence electrons. The van der Waals surface area contributed by atoms with Crippen molar-refractivity contribution in [2.24, 2.45) is 17.8 Å². The van der Waals surface area contributed by atoms with E-state index in [2.05, 4.69) is 12.2 Å². The Hall–Kier alpha value is -0.120. The third-order valence-corrected chi connectivity index (χ3v) is 5.83. The van der Waals surface area contributed by atoms with Gasteiger partial charge < -0.3 is 14.8 Å². The molecule has 0 amide bonds. The highest BCUT2D eigenvalue weighted by Crippen LogP contribution is 2.44. The average Bonchev–Trinajstić information content (AvgIpc) is 2.93. The minimum absolute atomic E-state index is 0.0864. The molecule has 4 atom stereocenters. The van der Waals surface area contributed by atoms with E-state index in [-0.39, 0.29) is 5.60 Å². The van der Waals surface area contributed by atoms with Crippen LogP contribution in [-0.4, -0.2) is 38.5 Å². The monoisotopic (exact) mass is 281 g/mol.